The molecule has 19 heavy (non-hydrogen) atoms. The molecule has 0 aliphatic heterocycles. The lowest BCUT2D eigenvalue weighted by Crippen LogP contribution is -2.09. The van der Waals surface area contributed by atoms with Gasteiger partial charge in [0.2, 0.25) is 0 Å². The van der Waals surface area contributed by atoms with Crippen LogP contribution in [0.2, 0.25) is 0 Å². The van der Waals surface area contributed by atoms with Crippen molar-refractivity contribution >= 4 is 5.78 Å². The van der Waals surface area contributed by atoms with Gasteiger partial charge in [-0.3, -0.25) is 4.79 Å². The summed E-state index contributed by atoms with van der Waals surface area (Å²) < 4.78 is 20.4. The number of hydrogen-bond acceptors (Lipinski definition) is 5. The Hall–Kier alpha value is -1.59. The topological polar surface area (TPSA) is 54.0 Å². The van der Waals surface area contributed by atoms with Gasteiger partial charge < -0.3 is 18.9 Å². The predicted octanol–water partition coefficient (Wildman–Crippen LogP) is 1.94. The first kappa shape index (κ1) is 15.5. The zero-order valence-electron chi connectivity index (χ0n) is 11.6. The Morgan fingerprint density at radius 1 is 1.05 bits per heavy atom. The Kier molecular flexibility index (Phi) is 6.92. The number of ketones is 1. The molecule has 0 amide bonds. The van der Waals surface area contributed by atoms with E-state index in [1.165, 1.54) is 7.11 Å². The van der Waals surface area contributed by atoms with E-state index in [0.29, 0.717) is 43.3 Å². The number of ether oxygens (including phenoxy) is 4. The second-order valence-electron chi connectivity index (χ2n) is 3.84. The van der Waals surface area contributed by atoms with Crippen molar-refractivity contribution in [3.63, 3.8) is 0 Å². The fourth-order valence-electron chi connectivity index (χ4n) is 1.58. The molecule has 1 aromatic rings. The van der Waals surface area contributed by atoms with Crippen LogP contribution in [0.15, 0.2) is 18.2 Å². The molecule has 0 heterocycles. The number of carbonyl (C=O) groups is 1. The zero-order chi connectivity index (χ0) is 14.1. The predicted molar refractivity (Wildman–Crippen MR) is 71.2 cm³/mol. The summed E-state index contributed by atoms with van der Waals surface area (Å²) in [6, 6.07) is 5.15. The summed E-state index contributed by atoms with van der Waals surface area (Å²) in [5.41, 5.74) is 0.511. The number of methoxy groups -OCH3 is 3. The van der Waals surface area contributed by atoms with E-state index in [2.05, 4.69) is 0 Å². The number of Topliss-reactive ketones (excluding diaryl/α,β-unsaturated/α-hetero) is 1. The van der Waals surface area contributed by atoms with E-state index in [9.17, 15) is 4.79 Å². The van der Waals surface area contributed by atoms with Crippen LogP contribution >= 0.6 is 0 Å². The van der Waals surface area contributed by atoms with Gasteiger partial charge in [0.1, 0.15) is 11.5 Å². The van der Waals surface area contributed by atoms with Crippen LogP contribution in [0.5, 0.6) is 11.5 Å². The van der Waals surface area contributed by atoms with Crippen molar-refractivity contribution in [1.29, 1.82) is 0 Å². The Balaban J connectivity index is 2.59. The molecule has 0 radical (unpaired) electrons. The number of benzene rings is 1. The molecule has 106 valence electrons. The highest BCUT2D eigenvalue weighted by Crippen LogP contribution is 2.25. The van der Waals surface area contributed by atoms with E-state index >= 15 is 0 Å². The molecule has 5 nitrogen and oxygen atoms in total. The molecule has 0 N–H and O–H groups in total. The third kappa shape index (κ3) is 4.89. The lowest BCUT2D eigenvalue weighted by atomic mass is 10.1. The second kappa shape index (κ2) is 8.50. The number of rotatable bonds is 9. The summed E-state index contributed by atoms with van der Waals surface area (Å²) in [5.74, 6) is 1.14. The zero-order valence-corrected chi connectivity index (χ0v) is 11.6. The molecule has 0 saturated carbocycles. The van der Waals surface area contributed by atoms with Gasteiger partial charge >= 0.3 is 0 Å². The van der Waals surface area contributed by atoms with E-state index in [-0.39, 0.29) is 5.78 Å². The highest BCUT2D eigenvalue weighted by molar-refractivity contribution is 5.99. The lowest BCUT2D eigenvalue weighted by Gasteiger charge is -2.09. The van der Waals surface area contributed by atoms with Crippen LogP contribution in [0.25, 0.3) is 0 Å². The van der Waals surface area contributed by atoms with Gasteiger partial charge in [0.15, 0.2) is 5.78 Å². The molecule has 1 aromatic carbocycles. The van der Waals surface area contributed by atoms with Crippen LogP contribution < -0.4 is 9.47 Å². The van der Waals surface area contributed by atoms with Gasteiger partial charge in [0.25, 0.3) is 0 Å². The van der Waals surface area contributed by atoms with E-state index in [1.807, 2.05) is 0 Å². The minimum Gasteiger partial charge on any atom is -0.497 e. The van der Waals surface area contributed by atoms with Crippen molar-refractivity contribution in [2.45, 2.75) is 6.42 Å². The second-order valence-corrected chi connectivity index (χ2v) is 3.84. The molecule has 0 atom stereocenters. The maximum absolute atomic E-state index is 12.1. The fourth-order valence-corrected chi connectivity index (χ4v) is 1.58. The van der Waals surface area contributed by atoms with Crippen LogP contribution in [0.4, 0.5) is 0 Å². The molecule has 0 aliphatic carbocycles. The van der Waals surface area contributed by atoms with Crippen LogP contribution in [0.1, 0.15) is 16.8 Å². The van der Waals surface area contributed by atoms with Gasteiger partial charge in [-0.05, 0) is 18.2 Å². The molecule has 0 bridgehead atoms. The van der Waals surface area contributed by atoms with Gasteiger partial charge in [0, 0.05) is 13.5 Å². The van der Waals surface area contributed by atoms with Crippen molar-refractivity contribution in [2.24, 2.45) is 0 Å². The number of hydrogen-bond donors (Lipinski definition) is 0. The molecule has 0 spiro atoms. The summed E-state index contributed by atoms with van der Waals surface area (Å²) in [7, 11) is 4.70. The first-order valence-corrected chi connectivity index (χ1v) is 6.04. The third-order valence-corrected chi connectivity index (χ3v) is 2.61. The van der Waals surface area contributed by atoms with Crippen molar-refractivity contribution in [3.05, 3.63) is 23.8 Å². The van der Waals surface area contributed by atoms with E-state index in [0.717, 1.165) is 0 Å². The van der Waals surface area contributed by atoms with Crippen LogP contribution in [0, 0.1) is 0 Å². The minimum atomic E-state index is -0.0341. The molecular formula is C14H20O5. The normalized spacial score (nSPS) is 10.3. The summed E-state index contributed by atoms with van der Waals surface area (Å²) in [4.78, 5) is 12.1. The van der Waals surface area contributed by atoms with Gasteiger partial charge in [-0.2, -0.15) is 0 Å². The Morgan fingerprint density at radius 2 is 1.84 bits per heavy atom. The smallest absolute Gasteiger partial charge is 0.169 e. The van der Waals surface area contributed by atoms with Crippen molar-refractivity contribution < 1.29 is 23.7 Å². The van der Waals surface area contributed by atoms with Gasteiger partial charge in [-0.25, -0.2) is 0 Å². The first-order valence-electron chi connectivity index (χ1n) is 6.04. The van der Waals surface area contributed by atoms with Crippen LogP contribution in [-0.2, 0) is 9.47 Å². The highest BCUT2D eigenvalue weighted by atomic mass is 16.5. The summed E-state index contributed by atoms with van der Waals surface area (Å²) in [5, 5.41) is 0. The van der Waals surface area contributed by atoms with Gasteiger partial charge in [-0.1, -0.05) is 0 Å². The number of carbonyl (C=O) groups excluding carboxylic acids is 1. The average molecular weight is 268 g/mol. The lowest BCUT2D eigenvalue weighted by molar-refractivity contribution is 0.0640. The molecule has 5 heteroatoms. The molecule has 0 aromatic heterocycles. The van der Waals surface area contributed by atoms with Crippen molar-refractivity contribution in [2.75, 3.05) is 41.2 Å². The van der Waals surface area contributed by atoms with Crippen molar-refractivity contribution in [3.8, 4) is 11.5 Å². The monoisotopic (exact) mass is 268 g/mol. The van der Waals surface area contributed by atoms with Crippen LogP contribution in [-0.4, -0.2) is 46.9 Å². The van der Waals surface area contributed by atoms with E-state index in [1.54, 1.807) is 32.4 Å². The standard InChI is InChI=1S/C14H20O5/c1-16-8-9-19-7-6-13(15)12-10-11(17-2)4-5-14(12)18-3/h4-5,10H,6-9H2,1-3H3. The van der Waals surface area contributed by atoms with Gasteiger partial charge in [-0.15, -0.1) is 0 Å². The maximum atomic E-state index is 12.1. The van der Waals surface area contributed by atoms with Crippen molar-refractivity contribution in [1.82, 2.24) is 0 Å². The molecule has 0 saturated heterocycles. The molecule has 1 rings (SSSR count). The Labute approximate surface area is 113 Å². The molecule has 0 aliphatic rings. The Morgan fingerprint density at radius 3 is 2.47 bits per heavy atom. The van der Waals surface area contributed by atoms with Gasteiger partial charge in [0.05, 0.1) is 39.6 Å². The van der Waals surface area contributed by atoms with E-state index < -0.39 is 0 Å². The third-order valence-electron chi connectivity index (χ3n) is 2.61. The average Bonchev–Trinajstić information content (AvgIpc) is 2.46. The molecular weight excluding hydrogens is 248 g/mol. The summed E-state index contributed by atoms with van der Waals surface area (Å²) >= 11 is 0. The SMILES string of the molecule is COCCOCCC(=O)c1cc(OC)ccc1OC. The Bertz CT molecular complexity index is 403. The fraction of sp³-hybridized carbons (Fsp3) is 0.500. The maximum Gasteiger partial charge on any atom is 0.169 e. The minimum absolute atomic E-state index is 0.0341. The summed E-state index contributed by atoms with van der Waals surface area (Å²) in [6.07, 6.45) is 0.299. The highest BCUT2D eigenvalue weighted by Gasteiger charge is 2.13. The van der Waals surface area contributed by atoms with Crippen LogP contribution in [0.3, 0.4) is 0 Å². The molecule has 0 fully saturated rings. The molecule has 0 unspecified atom stereocenters. The largest absolute Gasteiger partial charge is 0.497 e. The van der Waals surface area contributed by atoms with E-state index in [4.69, 9.17) is 18.9 Å². The summed E-state index contributed by atoms with van der Waals surface area (Å²) in [6.45, 7) is 1.37. The quantitative estimate of drug-likeness (QED) is 0.506. The first-order chi connectivity index (χ1) is 9.22.